The van der Waals surface area contributed by atoms with E-state index in [9.17, 15) is 13.2 Å². The minimum Gasteiger partial charge on any atom is -0.279 e. The van der Waals surface area contributed by atoms with E-state index in [0.29, 0.717) is 17.2 Å². The van der Waals surface area contributed by atoms with E-state index in [1.165, 1.54) is 19.3 Å². The Morgan fingerprint density at radius 2 is 1.85 bits per heavy atom. The first-order valence-electron chi connectivity index (χ1n) is 8.54. The second-order valence-electron chi connectivity index (χ2n) is 6.23. The van der Waals surface area contributed by atoms with Crippen molar-refractivity contribution >= 4 is 39.2 Å². The van der Waals surface area contributed by atoms with Crippen LogP contribution in [0.15, 0.2) is 51.1 Å². The third-order valence-electron chi connectivity index (χ3n) is 4.26. The van der Waals surface area contributed by atoms with Gasteiger partial charge < -0.3 is 0 Å². The molecule has 1 aliphatic rings. The molecule has 0 spiro atoms. The van der Waals surface area contributed by atoms with Gasteiger partial charge in [0.1, 0.15) is 4.21 Å². The third-order valence-corrected chi connectivity index (χ3v) is 7.04. The van der Waals surface area contributed by atoms with Crippen LogP contribution >= 0.6 is 11.3 Å². The first-order valence-corrected chi connectivity index (χ1v) is 10.9. The van der Waals surface area contributed by atoms with Crippen LogP contribution in [0.25, 0.3) is 0 Å². The van der Waals surface area contributed by atoms with Crippen molar-refractivity contribution in [2.24, 2.45) is 11.0 Å². The molecule has 1 amide bonds. The molecule has 0 saturated heterocycles. The summed E-state index contributed by atoms with van der Waals surface area (Å²) in [5, 5.41) is 5.76. The van der Waals surface area contributed by atoms with Crippen molar-refractivity contribution in [3.63, 3.8) is 0 Å². The number of nitrogens with zero attached hydrogens (tertiary/aromatic N) is 1. The highest BCUT2D eigenvalue weighted by molar-refractivity contribution is 7.94. The van der Waals surface area contributed by atoms with E-state index in [4.69, 9.17) is 0 Å². The van der Waals surface area contributed by atoms with Gasteiger partial charge >= 0.3 is 0 Å². The Hall–Kier alpha value is -2.19. The summed E-state index contributed by atoms with van der Waals surface area (Å²) in [6, 6.07) is 9.48. The van der Waals surface area contributed by atoms with Gasteiger partial charge in [-0.25, -0.2) is 13.8 Å². The normalized spacial score (nSPS) is 15.8. The van der Waals surface area contributed by atoms with Gasteiger partial charge in [-0.3, -0.25) is 9.52 Å². The van der Waals surface area contributed by atoms with Gasteiger partial charge in [0.05, 0.1) is 0 Å². The molecule has 26 heavy (non-hydrogen) atoms. The maximum atomic E-state index is 12.2. The molecule has 0 unspecified atom stereocenters. The van der Waals surface area contributed by atoms with Crippen molar-refractivity contribution in [3.8, 4) is 0 Å². The SMILES string of the molecule is O=C(N/N=C\C1CCCCC1)c1ccc(NS(=O)(=O)c2cccs2)cc1. The van der Waals surface area contributed by atoms with E-state index in [1.54, 1.807) is 41.8 Å². The van der Waals surface area contributed by atoms with Crippen LogP contribution in [-0.4, -0.2) is 20.5 Å². The van der Waals surface area contributed by atoms with Gasteiger partial charge in [-0.15, -0.1) is 11.3 Å². The molecule has 1 saturated carbocycles. The second kappa shape index (κ2) is 8.46. The zero-order chi connectivity index (χ0) is 18.4. The number of benzene rings is 1. The highest BCUT2D eigenvalue weighted by atomic mass is 32.2. The van der Waals surface area contributed by atoms with Crippen LogP contribution in [-0.2, 0) is 10.0 Å². The standard InChI is InChI=1S/C18H21N3O3S2/c22-18(20-19-13-14-5-2-1-3-6-14)15-8-10-16(11-9-15)21-26(23,24)17-7-4-12-25-17/h4,7-14,21H,1-3,5-6H2,(H,20,22)/b19-13-. The summed E-state index contributed by atoms with van der Waals surface area (Å²) in [6.07, 6.45) is 7.78. The Kier molecular flexibility index (Phi) is 6.05. The van der Waals surface area contributed by atoms with Crippen LogP contribution in [0.3, 0.4) is 0 Å². The number of amides is 1. The van der Waals surface area contributed by atoms with Crippen LogP contribution < -0.4 is 10.1 Å². The fourth-order valence-electron chi connectivity index (χ4n) is 2.86. The first-order chi connectivity index (χ1) is 12.5. The van der Waals surface area contributed by atoms with Crippen LogP contribution in [0.2, 0.25) is 0 Å². The average molecular weight is 392 g/mol. The molecule has 2 aromatic rings. The van der Waals surface area contributed by atoms with E-state index in [-0.39, 0.29) is 10.1 Å². The summed E-state index contributed by atoms with van der Waals surface area (Å²) < 4.78 is 27.1. The lowest BCUT2D eigenvalue weighted by Gasteiger charge is -2.16. The van der Waals surface area contributed by atoms with Crippen molar-refractivity contribution in [3.05, 3.63) is 47.3 Å². The average Bonchev–Trinajstić information content (AvgIpc) is 3.19. The fraction of sp³-hybridized carbons (Fsp3) is 0.333. The van der Waals surface area contributed by atoms with Crippen LogP contribution in [0.4, 0.5) is 5.69 Å². The molecule has 0 aliphatic heterocycles. The Morgan fingerprint density at radius 3 is 2.50 bits per heavy atom. The monoisotopic (exact) mass is 391 g/mol. The van der Waals surface area contributed by atoms with Crippen molar-refractivity contribution < 1.29 is 13.2 Å². The molecule has 1 heterocycles. The predicted molar refractivity (Wildman–Crippen MR) is 104 cm³/mol. The van der Waals surface area contributed by atoms with Gasteiger partial charge in [-0.05, 0) is 54.5 Å². The van der Waals surface area contributed by atoms with Crippen molar-refractivity contribution in [1.82, 2.24) is 5.43 Å². The van der Waals surface area contributed by atoms with E-state index in [2.05, 4.69) is 15.2 Å². The Balaban J connectivity index is 1.56. The summed E-state index contributed by atoms with van der Waals surface area (Å²) in [6.45, 7) is 0. The van der Waals surface area contributed by atoms with Crippen LogP contribution in [0.5, 0.6) is 0 Å². The number of carbonyl (C=O) groups excluding carboxylic acids is 1. The molecule has 2 N–H and O–H groups in total. The number of hydrogen-bond donors (Lipinski definition) is 2. The largest absolute Gasteiger partial charge is 0.279 e. The Morgan fingerprint density at radius 1 is 1.12 bits per heavy atom. The zero-order valence-corrected chi connectivity index (χ0v) is 15.9. The number of nitrogens with one attached hydrogen (secondary N) is 2. The number of thiophene rings is 1. The van der Waals surface area contributed by atoms with E-state index < -0.39 is 10.0 Å². The molecular formula is C18H21N3O3S2. The number of carbonyl (C=O) groups is 1. The highest BCUT2D eigenvalue weighted by Crippen LogP contribution is 2.22. The first kappa shape index (κ1) is 18.6. The summed E-state index contributed by atoms with van der Waals surface area (Å²) in [7, 11) is -3.59. The van der Waals surface area contributed by atoms with Crippen LogP contribution in [0.1, 0.15) is 42.5 Å². The van der Waals surface area contributed by atoms with Crippen LogP contribution in [0, 0.1) is 5.92 Å². The van der Waals surface area contributed by atoms with E-state index in [0.717, 1.165) is 24.2 Å². The quantitative estimate of drug-likeness (QED) is 0.579. The Labute approximate surface area is 157 Å². The molecule has 8 heteroatoms. The number of anilines is 1. The minimum atomic E-state index is -3.59. The van der Waals surface area contributed by atoms with Gasteiger partial charge in [0.2, 0.25) is 0 Å². The lowest BCUT2D eigenvalue weighted by Crippen LogP contribution is -2.19. The number of hydrogen-bond acceptors (Lipinski definition) is 5. The molecule has 138 valence electrons. The van der Waals surface area contributed by atoms with Gasteiger partial charge in [0.15, 0.2) is 0 Å². The predicted octanol–water partition coefficient (Wildman–Crippen LogP) is 3.84. The molecular weight excluding hydrogens is 370 g/mol. The maximum Gasteiger partial charge on any atom is 0.271 e. The van der Waals surface area contributed by atoms with E-state index >= 15 is 0 Å². The minimum absolute atomic E-state index is 0.247. The fourth-order valence-corrected chi connectivity index (χ4v) is 4.91. The van der Waals surface area contributed by atoms with Crippen molar-refractivity contribution in [1.29, 1.82) is 0 Å². The molecule has 1 aromatic carbocycles. The molecule has 3 rings (SSSR count). The van der Waals surface area contributed by atoms with E-state index in [1.807, 2.05) is 6.21 Å². The summed E-state index contributed by atoms with van der Waals surface area (Å²) in [5.41, 5.74) is 3.35. The molecule has 1 aliphatic carbocycles. The molecule has 1 aromatic heterocycles. The highest BCUT2D eigenvalue weighted by Gasteiger charge is 2.15. The van der Waals surface area contributed by atoms with Crippen molar-refractivity contribution in [2.45, 2.75) is 36.3 Å². The van der Waals surface area contributed by atoms with Gasteiger partial charge in [0, 0.05) is 17.5 Å². The third kappa shape index (κ3) is 4.92. The van der Waals surface area contributed by atoms with Crippen molar-refractivity contribution in [2.75, 3.05) is 4.72 Å². The number of hydrazone groups is 1. The maximum absolute atomic E-state index is 12.2. The topological polar surface area (TPSA) is 87.6 Å². The molecule has 0 radical (unpaired) electrons. The molecule has 1 fully saturated rings. The molecule has 0 atom stereocenters. The number of rotatable bonds is 6. The molecule has 0 bridgehead atoms. The van der Waals surface area contributed by atoms with Gasteiger partial charge in [-0.1, -0.05) is 25.3 Å². The Bertz CT molecular complexity index is 854. The summed E-state index contributed by atoms with van der Waals surface area (Å²) >= 11 is 1.15. The lowest BCUT2D eigenvalue weighted by molar-refractivity contribution is 0.0955. The summed E-state index contributed by atoms with van der Waals surface area (Å²) in [5.74, 6) is 0.128. The molecule has 6 nitrogen and oxygen atoms in total. The van der Waals surface area contributed by atoms with Gasteiger partial charge in [-0.2, -0.15) is 5.10 Å². The zero-order valence-electron chi connectivity index (χ0n) is 14.2. The van der Waals surface area contributed by atoms with Gasteiger partial charge in [0.25, 0.3) is 15.9 Å². The number of sulfonamides is 1. The summed E-state index contributed by atoms with van der Waals surface area (Å²) in [4.78, 5) is 12.1. The second-order valence-corrected chi connectivity index (χ2v) is 9.09. The lowest BCUT2D eigenvalue weighted by atomic mass is 9.90. The smallest absolute Gasteiger partial charge is 0.271 e.